The molecule has 0 aliphatic carbocycles. The zero-order chi connectivity index (χ0) is 15.2. The normalized spacial score (nSPS) is 11.5. The number of rotatable bonds is 6. The van der Waals surface area contributed by atoms with Crippen molar-refractivity contribution in [3.63, 3.8) is 0 Å². The average molecular weight is 278 g/mol. The number of carbonyl (C=O) groups excluding carboxylic acids is 1. The standard InChI is InChI=1S/C16H26N2O2/c1-16(2,3)20-14-9-7-6-8-13(14)10-11-17-15(19)12-18(4)5/h6-9H,10-12H2,1-5H3,(H,17,19). The number of carbonyl (C=O) groups is 1. The number of amides is 1. The summed E-state index contributed by atoms with van der Waals surface area (Å²) in [5.74, 6) is 0.936. The molecule has 1 aromatic carbocycles. The lowest BCUT2D eigenvalue weighted by atomic mass is 10.1. The predicted octanol–water partition coefficient (Wildman–Crippen LogP) is 2.08. The molecule has 0 unspecified atom stereocenters. The molecule has 0 aliphatic heterocycles. The molecule has 0 saturated heterocycles. The molecular formula is C16H26N2O2. The molecule has 0 saturated carbocycles. The smallest absolute Gasteiger partial charge is 0.234 e. The Morgan fingerprint density at radius 3 is 2.50 bits per heavy atom. The molecule has 4 nitrogen and oxygen atoms in total. The fraction of sp³-hybridized carbons (Fsp3) is 0.562. The van der Waals surface area contributed by atoms with Gasteiger partial charge in [-0.3, -0.25) is 4.79 Å². The topological polar surface area (TPSA) is 41.6 Å². The summed E-state index contributed by atoms with van der Waals surface area (Å²) in [4.78, 5) is 13.4. The Morgan fingerprint density at radius 1 is 1.25 bits per heavy atom. The fourth-order valence-corrected chi connectivity index (χ4v) is 1.82. The minimum absolute atomic E-state index is 0.0456. The van der Waals surface area contributed by atoms with Crippen LogP contribution in [-0.2, 0) is 11.2 Å². The summed E-state index contributed by atoms with van der Waals surface area (Å²) in [6, 6.07) is 7.98. The number of hydrogen-bond donors (Lipinski definition) is 1. The number of likely N-dealkylation sites (N-methyl/N-ethyl adjacent to an activating group) is 1. The Morgan fingerprint density at radius 2 is 1.90 bits per heavy atom. The summed E-state index contributed by atoms with van der Waals surface area (Å²) < 4.78 is 5.93. The summed E-state index contributed by atoms with van der Waals surface area (Å²) in [5, 5.41) is 2.92. The quantitative estimate of drug-likeness (QED) is 0.866. The van der Waals surface area contributed by atoms with Crippen molar-refractivity contribution in [2.75, 3.05) is 27.2 Å². The number of nitrogens with zero attached hydrogens (tertiary/aromatic N) is 1. The summed E-state index contributed by atoms with van der Waals surface area (Å²) in [6.07, 6.45) is 0.769. The second-order valence-electron chi connectivity index (χ2n) is 6.16. The molecule has 0 atom stereocenters. The first kappa shape index (κ1) is 16.5. The number of nitrogens with one attached hydrogen (secondary N) is 1. The first-order valence-electron chi connectivity index (χ1n) is 6.96. The van der Waals surface area contributed by atoms with Crippen molar-refractivity contribution in [3.8, 4) is 5.75 Å². The lowest BCUT2D eigenvalue weighted by Crippen LogP contribution is -2.34. The first-order valence-corrected chi connectivity index (χ1v) is 6.96. The van der Waals surface area contributed by atoms with E-state index in [4.69, 9.17) is 4.74 Å². The van der Waals surface area contributed by atoms with Crippen molar-refractivity contribution < 1.29 is 9.53 Å². The third-order valence-corrected chi connectivity index (χ3v) is 2.57. The molecular weight excluding hydrogens is 252 g/mol. The third-order valence-electron chi connectivity index (χ3n) is 2.57. The minimum atomic E-state index is -0.218. The molecule has 112 valence electrons. The number of ether oxygens (including phenoxy) is 1. The van der Waals surface area contributed by atoms with Gasteiger partial charge in [0.05, 0.1) is 6.54 Å². The first-order chi connectivity index (χ1) is 9.28. The van der Waals surface area contributed by atoms with Gasteiger partial charge in [-0.25, -0.2) is 0 Å². The molecule has 0 radical (unpaired) electrons. The zero-order valence-electron chi connectivity index (χ0n) is 13.2. The van der Waals surface area contributed by atoms with E-state index in [1.165, 1.54) is 0 Å². The van der Waals surface area contributed by atoms with E-state index in [2.05, 4.69) is 5.32 Å². The van der Waals surface area contributed by atoms with Gasteiger partial charge in [0.2, 0.25) is 5.91 Å². The molecule has 1 amide bonds. The molecule has 1 rings (SSSR count). The van der Waals surface area contributed by atoms with Crippen LogP contribution in [0.4, 0.5) is 0 Å². The van der Waals surface area contributed by atoms with E-state index in [1.54, 1.807) is 0 Å². The maximum Gasteiger partial charge on any atom is 0.234 e. The van der Waals surface area contributed by atoms with Crippen LogP contribution in [0.3, 0.4) is 0 Å². The Balaban J connectivity index is 2.54. The fourth-order valence-electron chi connectivity index (χ4n) is 1.82. The van der Waals surface area contributed by atoms with Gasteiger partial charge in [0.25, 0.3) is 0 Å². The molecule has 0 spiro atoms. The minimum Gasteiger partial charge on any atom is -0.488 e. The SMILES string of the molecule is CN(C)CC(=O)NCCc1ccccc1OC(C)(C)C. The Labute approximate surface area is 122 Å². The van der Waals surface area contributed by atoms with Gasteiger partial charge in [-0.1, -0.05) is 18.2 Å². The summed E-state index contributed by atoms with van der Waals surface area (Å²) in [5.41, 5.74) is 0.900. The highest BCUT2D eigenvalue weighted by molar-refractivity contribution is 5.77. The average Bonchev–Trinajstić information content (AvgIpc) is 2.28. The van der Waals surface area contributed by atoms with Crippen LogP contribution in [0, 0.1) is 0 Å². The van der Waals surface area contributed by atoms with Crippen molar-refractivity contribution >= 4 is 5.91 Å². The van der Waals surface area contributed by atoms with Crippen molar-refractivity contribution in [3.05, 3.63) is 29.8 Å². The van der Waals surface area contributed by atoms with Crippen molar-refractivity contribution in [1.82, 2.24) is 10.2 Å². The van der Waals surface area contributed by atoms with Gasteiger partial charge >= 0.3 is 0 Å². The van der Waals surface area contributed by atoms with Gasteiger partial charge in [0.15, 0.2) is 0 Å². The van der Waals surface area contributed by atoms with Crippen LogP contribution in [-0.4, -0.2) is 43.6 Å². The number of hydrogen-bond acceptors (Lipinski definition) is 3. The summed E-state index contributed by atoms with van der Waals surface area (Å²) >= 11 is 0. The van der Waals surface area contributed by atoms with E-state index >= 15 is 0 Å². The van der Waals surface area contributed by atoms with E-state index in [0.29, 0.717) is 13.1 Å². The van der Waals surface area contributed by atoms with Crippen LogP contribution >= 0.6 is 0 Å². The summed E-state index contributed by atoms with van der Waals surface area (Å²) in [6.45, 7) is 7.13. The molecule has 0 fully saturated rings. The van der Waals surface area contributed by atoms with E-state index in [-0.39, 0.29) is 11.5 Å². The number of benzene rings is 1. The molecule has 0 bridgehead atoms. The van der Waals surface area contributed by atoms with Crippen LogP contribution < -0.4 is 10.1 Å². The van der Waals surface area contributed by atoms with Gasteiger partial charge in [0, 0.05) is 6.54 Å². The molecule has 0 heterocycles. The molecule has 0 aliphatic rings. The lowest BCUT2D eigenvalue weighted by Gasteiger charge is -2.23. The molecule has 20 heavy (non-hydrogen) atoms. The van der Waals surface area contributed by atoms with Crippen LogP contribution in [0.1, 0.15) is 26.3 Å². The van der Waals surface area contributed by atoms with E-state index in [9.17, 15) is 4.79 Å². The predicted molar refractivity (Wildman–Crippen MR) is 82.1 cm³/mol. The monoisotopic (exact) mass is 278 g/mol. The molecule has 0 aromatic heterocycles. The highest BCUT2D eigenvalue weighted by Crippen LogP contribution is 2.23. The van der Waals surface area contributed by atoms with Gasteiger partial charge in [-0.2, -0.15) is 0 Å². The number of para-hydroxylation sites is 1. The second kappa shape index (κ2) is 7.29. The largest absolute Gasteiger partial charge is 0.488 e. The molecule has 1 N–H and O–H groups in total. The maximum atomic E-state index is 11.6. The second-order valence-corrected chi connectivity index (χ2v) is 6.16. The third kappa shape index (κ3) is 6.57. The van der Waals surface area contributed by atoms with Crippen LogP contribution in [0.15, 0.2) is 24.3 Å². The molecule has 1 aromatic rings. The van der Waals surface area contributed by atoms with E-state index in [1.807, 2.05) is 64.0 Å². The van der Waals surface area contributed by atoms with Crippen LogP contribution in [0.5, 0.6) is 5.75 Å². The van der Waals surface area contributed by atoms with Crippen molar-refractivity contribution in [2.24, 2.45) is 0 Å². The zero-order valence-corrected chi connectivity index (χ0v) is 13.2. The van der Waals surface area contributed by atoms with Crippen LogP contribution in [0.25, 0.3) is 0 Å². The van der Waals surface area contributed by atoms with Gasteiger partial charge in [0.1, 0.15) is 11.4 Å². The highest BCUT2D eigenvalue weighted by Gasteiger charge is 2.14. The van der Waals surface area contributed by atoms with Gasteiger partial charge < -0.3 is 15.0 Å². The summed E-state index contributed by atoms with van der Waals surface area (Å²) in [7, 11) is 3.76. The van der Waals surface area contributed by atoms with Crippen molar-refractivity contribution in [1.29, 1.82) is 0 Å². The van der Waals surface area contributed by atoms with E-state index < -0.39 is 0 Å². The highest BCUT2D eigenvalue weighted by atomic mass is 16.5. The van der Waals surface area contributed by atoms with Crippen LogP contribution in [0.2, 0.25) is 0 Å². The maximum absolute atomic E-state index is 11.6. The molecule has 4 heteroatoms. The Kier molecular flexibility index (Phi) is 6.02. The Bertz CT molecular complexity index is 436. The van der Waals surface area contributed by atoms with Gasteiger partial charge in [-0.15, -0.1) is 0 Å². The van der Waals surface area contributed by atoms with Gasteiger partial charge in [-0.05, 0) is 52.9 Å². The lowest BCUT2D eigenvalue weighted by molar-refractivity contribution is -0.121. The van der Waals surface area contributed by atoms with Crippen molar-refractivity contribution in [2.45, 2.75) is 32.8 Å². The van der Waals surface area contributed by atoms with E-state index in [0.717, 1.165) is 17.7 Å². The Hall–Kier alpha value is -1.55.